The second-order valence-corrected chi connectivity index (χ2v) is 4.69. The Morgan fingerprint density at radius 3 is 2.60 bits per heavy atom. The molecule has 0 radical (unpaired) electrons. The molecule has 1 aromatic rings. The Kier molecular flexibility index (Phi) is 4.19. The van der Waals surface area contributed by atoms with E-state index < -0.39 is 35.6 Å². The van der Waals surface area contributed by atoms with Crippen molar-refractivity contribution in [3.05, 3.63) is 34.4 Å². The summed E-state index contributed by atoms with van der Waals surface area (Å²) >= 11 is 0. The molecule has 2 rings (SSSR count). The molecule has 1 heterocycles. The van der Waals surface area contributed by atoms with Crippen molar-refractivity contribution in [3.8, 4) is 0 Å². The van der Waals surface area contributed by atoms with Gasteiger partial charge in [-0.05, 0) is 13.0 Å². The number of nitro groups is 1. The zero-order valence-electron chi connectivity index (χ0n) is 10.7. The molecule has 110 valence electrons. The van der Waals surface area contributed by atoms with Gasteiger partial charge in [0.2, 0.25) is 0 Å². The fourth-order valence-corrected chi connectivity index (χ4v) is 2.04. The maximum Gasteiger partial charge on any atom is 0.271 e. The van der Waals surface area contributed by atoms with Crippen LogP contribution in [0.25, 0.3) is 0 Å². The highest BCUT2D eigenvalue weighted by Crippen LogP contribution is 2.24. The highest BCUT2D eigenvalue weighted by atomic mass is 16.6. The maximum absolute atomic E-state index is 10.7. The third kappa shape index (κ3) is 2.88. The van der Waals surface area contributed by atoms with Crippen LogP contribution in [0.2, 0.25) is 0 Å². The van der Waals surface area contributed by atoms with Crippen molar-refractivity contribution >= 4 is 11.4 Å². The SMILES string of the molecule is C[C@H]1O[C@H](Nc2cccc([N+](=O)[O-])c2)[C@H](O)[C@@H](O)[C@@H]1O. The monoisotopic (exact) mass is 284 g/mol. The number of nitrogens with zero attached hydrogens (tertiary/aromatic N) is 1. The molecule has 0 unspecified atom stereocenters. The van der Waals surface area contributed by atoms with Crippen molar-refractivity contribution in [1.82, 2.24) is 0 Å². The van der Waals surface area contributed by atoms with E-state index in [-0.39, 0.29) is 5.69 Å². The predicted molar refractivity (Wildman–Crippen MR) is 69.1 cm³/mol. The summed E-state index contributed by atoms with van der Waals surface area (Å²) in [6, 6.07) is 5.69. The number of aliphatic hydroxyl groups is 3. The fourth-order valence-electron chi connectivity index (χ4n) is 2.04. The molecule has 0 saturated carbocycles. The van der Waals surface area contributed by atoms with Gasteiger partial charge >= 0.3 is 0 Å². The van der Waals surface area contributed by atoms with Crippen molar-refractivity contribution in [2.24, 2.45) is 0 Å². The van der Waals surface area contributed by atoms with Crippen LogP contribution in [0.15, 0.2) is 24.3 Å². The predicted octanol–water partition coefficient (Wildman–Crippen LogP) is -0.166. The van der Waals surface area contributed by atoms with Crippen LogP contribution in [0.4, 0.5) is 11.4 Å². The number of ether oxygens (including phenoxy) is 1. The summed E-state index contributed by atoms with van der Waals surface area (Å²) in [4.78, 5) is 10.1. The molecule has 0 amide bonds. The lowest BCUT2D eigenvalue weighted by atomic mass is 9.99. The molecule has 1 aromatic carbocycles. The van der Waals surface area contributed by atoms with Crippen LogP contribution >= 0.6 is 0 Å². The smallest absolute Gasteiger partial charge is 0.271 e. The first-order valence-electron chi connectivity index (χ1n) is 6.11. The Balaban J connectivity index is 2.13. The molecular weight excluding hydrogens is 268 g/mol. The maximum atomic E-state index is 10.7. The summed E-state index contributed by atoms with van der Waals surface area (Å²) in [5.41, 5.74) is 0.271. The van der Waals surface area contributed by atoms with E-state index in [1.807, 2.05) is 0 Å². The second kappa shape index (κ2) is 5.71. The molecule has 0 bridgehead atoms. The van der Waals surface area contributed by atoms with Gasteiger partial charge < -0.3 is 25.4 Å². The minimum Gasteiger partial charge on any atom is -0.388 e. The van der Waals surface area contributed by atoms with Crippen LogP contribution in [-0.4, -0.2) is 50.9 Å². The Hall–Kier alpha value is -1.74. The second-order valence-electron chi connectivity index (χ2n) is 4.69. The molecule has 5 atom stereocenters. The van der Waals surface area contributed by atoms with Gasteiger partial charge in [-0.1, -0.05) is 6.07 Å². The van der Waals surface area contributed by atoms with Gasteiger partial charge in [-0.3, -0.25) is 10.1 Å². The molecule has 20 heavy (non-hydrogen) atoms. The van der Waals surface area contributed by atoms with Crippen molar-refractivity contribution < 1.29 is 25.0 Å². The van der Waals surface area contributed by atoms with Crippen LogP contribution in [0.3, 0.4) is 0 Å². The summed E-state index contributed by atoms with van der Waals surface area (Å²) in [6.45, 7) is 1.56. The van der Waals surface area contributed by atoms with Crippen molar-refractivity contribution in [2.75, 3.05) is 5.32 Å². The molecule has 8 heteroatoms. The van der Waals surface area contributed by atoms with Gasteiger partial charge in [-0.15, -0.1) is 0 Å². The van der Waals surface area contributed by atoms with Crippen LogP contribution in [0.5, 0.6) is 0 Å². The zero-order chi connectivity index (χ0) is 14.9. The lowest BCUT2D eigenvalue weighted by Crippen LogP contribution is -2.58. The van der Waals surface area contributed by atoms with Crippen LogP contribution in [0, 0.1) is 10.1 Å². The summed E-state index contributed by atoms with van der Waals surface area (Å²) in [5, 5.41) is 42.5. The summed E-state index contributed by atoms with van der Waals surface area (Å²) in [7, 11) is 0. The Morgan fingerprint density at radius 1 is 1.25 bits per heavy atom. The van der Waals surface area contributed by atoms with Gasteiger partial charge in [0.15, 0.2) is 6.23 Å². The molecular formula is C12H16N2O6. The topological polar surface area (TPSA) is 125 Å². The van der Waals surface area contributed by atoms with Crippen molar-refractivity contribution in [3.63, 3.8) is 0 Å². The third-order valence-electron chi connectivity index (χ3n) is 3.22. The van der Waals surface area contributed by atoms with E-state index in [0.717, 1.165) is 0 Å². The number of hydrogen-bond acceptors (Lipinski definition) is 7. The average Bonchev–Trinajstić information content (AvgIpc) is 2.42. The molecule has 1 aliphatic rings. The number of benzene rings is 1. The van der Waals surface area contributed by atoms with Gasteiger partial charge in [0.05, 0.1) is 11.0 Å². The van der Waals surface area contributed by atoms with E-state index in [1.165, 1.54) is 18.2 Å². The summed E-state index contributed by atoms with van der Waals surface area (Å²) in [5.74, 6) is 0. The standard InChI is InChI=1S/C12H16N2O6/c1-6-9(15)10(16)11(17)12(20-6)13-7-3-2-4-8(5-7)14(18)19/h2-6,9-13,15-17H,1H3/t6-,9-,10+,11-,12+/m1/s1. The average molecular weight is 284 g/mol. The number of nitro benzene ring substituents is 1. The van der Waals surface area contributed by atoms with E-state index >= 15 is 0 Å². The molecule has 8 nitrogen and oxygen atoms in total. The molecule has 1 fully saturated rings. The van der Waals surface area contributed by atoms with Gasteiger partial charge in [0.25, 0.3) is 5.69 Å². The number of non-ortho nitro benzene ring substituents is 1. The van der Waals surface area contributed by atoms with E-state index in [2.05, 4.69) is 5.32 Å². The van der Waals surface area contributed by atoms with Crippen LogP contribution in [-0.2, 0) is 4.74 Å². The lowest BCUT2D eigenvalue weighted by molar-refractivity contribution is -0.384. The van der Waals surface area contributed by atoms with E-state index in [1.54, 1.807) is 13.0 Å². The highest BCUT2D eigenvalue weighted by Gasteiger charge is 2.41. The van der Waals surface area contributed by atoms with E-state index in [0.29, 0.717) is 5.69 Å². The lowest BCUT2D eigenvalue weighted by Gasteiger charge is -2.39. The van der Waals surface area contributed by atoms with E-state index in [9.17, 15) is 25.4 Å². The number of hydrogen-bond donors (Lipinski definition) is 4. The van der Waals surface area contributed by atoms with Crippen LogP contribution < -0.4 is 5.32 Å². The molecule has 0 aliphatic carbocycles. The van der Waals surface area contributed by atoms with Gasteiger partial charge in [0, 0.05) is 17.8 Å². The highest BCUT2D eigenvalue weighted by molar-refractivity contribution is 5.51. The minimum atomic E-state index is -1.35. The Labute approximate surface area is 114 Å². The van der Waals surface area contributed by atoms with Crippen LogP contribution in [0.1, 0.15) is 6.92 Å². The number of rotatable bonds is 3. The fraction of sp³-hybridized carbons (Fsp3) is 0.500. The number of nitrogens with one attached hydrogen (secondary N) is 1. The largest absolute Gasteiger partial charge is 0.388 e. The molecule has 1 saturated heterocycles. The summed E-state index contributed by atoms with van der Waals surface area (Å²) < 4.78 is 5.34. The van der Waals surface area contributed by atoms with Gasteiger partial charge in [-0.25, -0.2) is 0 Å². The molecule has 4 N–H and O–H groups in total. The minimum absolute atomic E-state index is 0.103. The van der Waals surface area contributed by atoms with Gasteiger partial charge in [0.1, 0.15) is 18.3 Å². The Bertz CT molecular complexity index is 497. The van der Waals surface area contributed by atoms with Gasteiger partial charge in [-0.2, -0.15) is 0 Å². The molecule has 1 aliphatic heterocycles. The number of aliphatic hydroxyl groups excluding tert-OH is 3. The first kappa shape index (κ1) is 14.7. The normalized spacial score (nSPS) is 33.7. The van der Waals surface area contributed by atoms with E-state index in [4.69, 9.17) is 4.74 Å². The quantitative estimate of drug-likeness (QED) is 0.448. The number of anilines is 1. The third-order valence-corrected chi connectivity index (χ3v) is 3.22. The molecule has 0 spiro atoms. The first-order valence-corrected chi connectivity index (χ1v) is 6.11. The Morgan fingerprint density at radius 2 is 1.95 bits per heavy atom. The van der Waals surface area contributed by atoms with Crippen molar-refractivity contribution in [2.45, 2.75) is 37.6 Å². The molecule has 0 aromatic heterocycles. The summed E-state index contributed by atoms with van der Waals surface area (Å²) in [6.07, 6.45) is -5.53. The van der Waals surface area contributed by atoms with Crippen molar-refractivity contribution in [1.29, 1.82) is 0 Å². The zero-order valence-corrected chi connectivity index (χ0v) is 10.7. The first-order chi connectivity index (χ1) is 9.40.